The predicted octanol–water partition coefficient (Wildman–Crippen LogP) is 3.36. The fourth-order valence-electron chi connectivity index (χ4n) is 1.92. The van der Waals surface area contributed by atoms with Gasteiger partial charge in [0.1, 0.15) is 5.75 Å². The number of benzene rings is 1. The van der Waals surface area contributed by atoms with Crippen LogP contribution in [0.5, 0.6) is 5.75 Å². The lowest BCUT2D eigenvalue weighted by molar-refractivity contribution is 0.249. The Balaban J connectivity index is 1.99. The van der Waals surface area contributed by atoms with Gasteiger partial charge in [-0.25, -0.2) is 4.79 Å². The molecule has 1 atom stereocenters. The molecule has 0 bridgehead atoms. The lowest BCUT2D eigenvalue weighted by Crippen LogP contribution is -2.31. The Kier molecular flexibility index (Phi) is 5.15. The van der Waals surface area contributed by atoms with Crippen molar-refractivity contribution in [2.24, 2.45) is 0 Å². The SMILES string of the molecule is CCOc1ccccc1NC(=O)N[C@H](C)c1cccnc1. The first kappa shape index (κ1) is 14.8. The van der Waals surface area contributed by atoms with Gasteiger partial charge in [0, 0.05) is 12.4 Å². The molecule has 0 spiro atoms. The van der Waals surface area contributed by atoms with Crippen LogP contribution in [0.3, 0.4) is 0 Å². The molecule has 0 fully saturated rings. The molecule has 0 aliphatic heterocycles. The number of nitrogens with one attached hydrogen (secondary N) is 2. The molecule has 0 aliphatic carbocycles. The first-order valence-corrected chi connectivity index (χ1v) is 6.90. The van der Waals surface area contributed by atoms with Crippen molar-refractivity contribution in [1.82, 2.24) is 10.3 Å². The summed E-state index contributed by atoms with van der Waals surface area (Å²) >= 11 is 0. The Morgan fingerprint density at radius 2 is 2.10 bits per heavy atom. The van der Waals surface area contributed by atoms with E-state index >= 15 is 0 Å². The van der Waals surface area contributed by atoms with Crippen molar-refractivity contribution in [2.45, 2.75) is 19.9 Å². The fraction of sp³-hybridized carbons (Fsp3) is 0.250. The molecule has 0 aliphatic rings. The van der Waals surface area contributed by atoms with Crippen LogP contribution in [0.25, 0.3) is 0 Å². The number of amides is 2. The van der Waals surface area contributed by atoms with Crippen molar-refractivity contribution >= 4 is 11.7 Å². The highest BCUT2D eigenvalue weighted by Gasteiger charge is 2.11. The highest BCUT2D eigenvalue weighted by Crippen LogP contribution is 2.23. The minimum atomic E-state index is -0.279. The summed E-state index contributed by atoms with van der Waals surface area (Å²) in [4.78, 5) is 16.1. The third-order valence-corrected chi connectivity index (χ3v) is 2.97. The zero-order chi connectivity index (χ0) is 15.1. The molecular formula is C16H19N3O2. The first-order chi connectivity index (χ1) is 10.2. The van der Waals surface area contributed by atoms with E-state index in [1.54, 1.807) is 18.5 Å². The normalized spacial score (nSPS) is 11.5. The third kappa shape index (κ3) is 4.21. The van der Waals surface area contributed by atoms with Gasteiger partial charge in [-0.1, -0.05) is 18.2 Å². The molecular weight excluding hydrogens is 266 g/mol. The fourth-order valence-corrected chi connectivity index (χ4v) is 1.92. The summed E-state index contributed by atoms with van der Waals surface area (Å²) in [7, 11) is 0. The van der Waals surface area contributed by atoms with Gasteiger partial charge >= 0.3 is 6.03 Å². The van der Waals surface area contributed by atoms with Crippen molar-refractivity contribution in [1.29, 1.82) is 0 Å². The summed E-state index contributed by atoms with van der Waals surface area (Å²) in [5.41, 5.74) is 1.60. The molecule has 5 heteroatoms. The maximum atomic E-state index is 12.1. The van der Waals surface area contributed by atoms with Crippen LogP contribution in [0, 0.1) is 0 Å². The Hall–Kier alpha value is -2.56. The lowest BCUT2D eigenvalue weighted by Gasteiger charge is -2.16. The second kappa shape index (κ2) is 7.28. The van der Waals surface area contributed by atoms with E-state index in [0.29, 0.717) is 18.0 Å². The molecule has 1 aromatic heterocycles. The van der Waals surface area contributed by atoms with Gasteiger partial charge < -0.3 is 15.4 Å². The molecule has 2 N–H and O–H groups in total. The van der Waals surface area contributed by atoms with Crippen LogP contribution in [0.4, 0.5) is 10.5 Å². The smallest absolute Gasteiger partial charge is 0.319 e. The number of nitrogens with zero attached hydrogens (tertiary/aromatic N) is 1. The maximum absolute atomic E-state index is 12.1. The van der Waals surface area contributed by atoms with E-state index in [2.05, 4.69) is 15.6 Å². The number of carbonyl (C=O) groups is 1. The van der Waals surface area contributed by atoms with Crippen LogP contribution in [0.15, 0.2) is 48.8 Å². The number of rotatable bonds is 5. The van der Waals surface area contributed by atoms with Gasteiger partial charge in [0.2, 0.25) is 0 Å². The van der Waals surface area contributed by atoms with E-state index in [4.69, 9.17) is 4.74 Å². The van der Waals surface area contributed by atoms with Gasteiger partial charge in [0.25, 0.3) is 0 Å². The van der Waals surface area contributed by atoms with Gasteiger partial charge in [-0.05, 0) is 37.6 Å². The molecule has 110 valence electrons. The third-order valence-electron chi connectivity index (χ3n) is 2.97. The van der Waals surface area contributed by atoms with Crippen molar-refractivity contribution in [3.05, 3.63) is 54.4 Å². The van der Waals surface area contributed by atoms with Crippen LogP contribution in [-0.2, 0) is 0 Å². The van der Waals surface area contributed by atoms with Gasteiger partial charge in [0.05, 0.1) is 18.3 Å². The number of aromatic nitrogens is 1. The number of urea groups is 1. The lowest BCUT2D eigenvalue weighted by atomic mass is 10.1. The summed E-state index contributed by atoms with van der Waals surface area (Å²) in [6.07, 6.45) is 3.44. The first-order valence-electron chi connectivity index (χ1n) is 6.90. The molecule has 0 radical (unpaired) electrons. The summed E-state index contributed by atoms with van der Waals surface area (Å²) in [5, 5.41) is 5.67. The van der Waals surface area contributed by atoms with E-state index in [-0.39, 0.29) is 12.1 Å². The Morgan fingerprint density at radius 3 is 2.81 bits per heavy atom. The number of anilines is 1. The van der Waals surface area contributed by atoms with E-state index in [9.17, 15) is 4.79 Å². The summed E-state index contributed by atoms with van der Waals surface area (Å²) in [6.45, 7) is 4.36. The number of hydrogen-bond acceptors (Lipinski definition) is 3. The highest BCUT2D eigenvalue weighted by atomic mass is 16.5. The average Bonchev–Trinajstić information content (AvgIpc) is 2.50. The standard InChI is InChI=1S/C16H19N3O2/c1-3-21-15-9-5-4-8-14(15)19-16(20)18-12(2)13-7-6-10-17-11-13/h4-12H,3H2,1-2H3,(H2,18,19,20)/t12-/m1/s1. The monoisotopic (exact) mass is 285 g/mol. The zero-order valence-corrected chi connectivity index (χ0v) is 12.2. The van der Waals surface area contributed by atoms with E-state index in [1.807, 2.05) is 44.2 Å². The number of carbonyl (C=O) groups excluding carboxylic acids is 1. The minimum Gasteiger partial charge on any atom is -0.492 e. The molecule has 2 aromatic rings. The molecule has 1 heterocycles. The molecule has 21 heavy (non-hydrogen) atoms. The maximum Gasteiger partial charge on any atom is 0.319 e. The van der Waals surface area contributed by atoms with Gasteiger partial charge in [-0.3, -0.25) is 4.98 Å². The second-order valence-electron chi connectivity index (χ2n) is 4.54. The number of pyridine rings is 1. The van der Waals surface area contributed by atoms with E-state index < -0.39 is 0 Å². The number of ether oxygens (including phenoxy) is 1. The molecule has 2 amide bonds. The van der Waals surface area contributed by atoms with Crippen molar-refractivity contribution in [3.8, 4) is 5.75 Å². The Morgan fingerprint density at radius 1 is 1.29 bits per heavy atom. The van der Waals surface area contributed by atoms with Crippen molar-refractivity contribution in [3.63, 3.8) is 0 Å². The van der Waals surface area contributed by atoms with Crippen molar-refractivity contribution < 1.29 is 9.53 Å². The predicted molar refractivity (Wildman–Crippen MR) is 82.4 cm³/mol. The number of para-hydroxylation sites is 2. The molecule has 0 saturated carbocycles. The van der Waals surface area contributed by atoms with Crippen LogP contribution in [0.2, 0.25) is 0 Å². The van der Waals surface area contributed by atoms with Crippen LogP contribution in [-0.4, -0.2) is 17.6 Å². The zero-order valence-electron chi connectivity index (χ0n) is 12.2. The molecule has 0 unspecified atom stereocenters. The summed E-state index contributed by atoms with van der Waals surface area (Å²) in [6, 6.07) is 10.7. The topological polar surface area (TPSA) is 63.2 Å². The van der Waals surface area contributed by atoms with E-state index in [0.717, 1.165) is 5.56 Å². The van der Waals surface area contributed by atoms with Gasteiger partial charge in [-0.15, -0.1) is 0 Å². The quantitative estimate of drug-likeness (QED) is 0.885. The molecule has 0 saturated heterocycles. The van der Waals surface area contributed by atoms with Gasteiger partial charge in [-0.2, -0.15) is 0 Å². The molecule has 2 rings (SSSR count). The average molecular weight is 285 g/mol. The summed E-state index contributed by atoms with van der Waals surface area (Å²) < 4.78 is 5.47. The van der Waals surface area contributed by atoms with E-state index in [1.165, 1.54) is 0 Å². The van der Waals surface area contributed by atoms with Gasteiger partial charge in [0.15, 0.2) is 0 Å². The molecule has 1 aromatic carbocycles. The Bertz CT molecular complexity index is 587. The Labute approximate surface area is 124 Å². The number of hydrogen-bond donors (Lipinski definition) is 2. The highest BCUT2D eigenvalue weighted by molar-refractivity contribution is 5.91. The van der Waals surface area contributed by atoms with Crippen LogP contribution < -0.4 is 15.4 Å². The van der Waals surface area contributed by atoms with Crippen LogP contribution >= 0.6 is 0 Å². The summed E-state index contributed by atoms with van der Waals surface area (Å²) in [5.74, 6) is 0.657. The molecule has 5 nitrogen and oxygen atoms in total. The van der Waals surface area contributed by atoms with Crippen LogP contribution in [0.1, 0.15) is 25.5 Å². The second-order valence-corrected chi connectivity index (χ2v) is 4.54. The largest absolute Gasteiger partial charge is 0.492 e. The van der Waals surface area contributed by atoms with Crippen molar-refractivity contribution in [2.75, 3.05) is 11.9 Å². The minimum absolute atomic E-state index is 0.127.